The van der Waals surface area contributed by atoms with Crippen molar-refractivity contribution in [3.63, 3.8) is 0 Å². The molecule has 0 aromatic carbocycles. The number of nitrogens with two attached hydrogens (primary N) is 1. The number of anilines is 1. The van der Waals surface area contributed by atoms with E-state index >= 15 is 0 Å². The van der Waals surface area contributed by atoms with Crippen LogP contribution in [0.2, 0.25) is 0 Å². The van der Waals surface area contributed by atoms with Crippen LogP contribution in [0.1, 0.15) is 6.42 Å². The van der Waals surface area contributed by atoms with Crippen LogP contribution >= 0.6 is 0 Å². The molecule has 0 amide bonds. The molecule has 0 saturated carbocycles. The molecule has 0 spiro atoms. The maximum Gasteiger partial charge on any atom is 0.0719 e. The Morgan fingerprint density at radius 1 is 1.53 bits per heavy atom. The molecule has 0 fully saturated rings. The number of ether oxygens (including phenoxy) is 1. The third-order valence-corrected chi connectivity index (χ3v) is 2.25. The van der Waals surface area contributed by atoms with Gasteiger partial charge in [0.2, 0.25) is 0 Å². The lowest BCUT2D eigenvalue weighted by Crippen LogP contribution is -2.25. The van der Waals surface area contributed by atoms with Gasteiger partial charge in [0, 0.05) is 33.0 Å². The fourth-order valence-electron chi connectivity index (χ4n) is 1.37. The summed E-state index contributed by atoms with van der Waals surface area (Å²) in [6.07, 6.45) is 4.59. The predicted molar refractivity (Wildman–Crippen MR) is 60.6 cm³/mol. The van der Waals surface area contributed by atoms with E-state index in [1.54, 1.807) is 13.3 Å². The quantitative estimate of drug-likeness (QED) is 0.666. The van der Waals surface area contributed by atoms with Crippen LogP contribution in [0.3, 0.4) is 0 Å². The molecule has 5 heteroatoms. The smallest absolute Gasteiger partial charge is 0.0719 e. The van der Waals surface area contributed by atoms with Crippen molar-refractivity contribution in [3.8, 4) is 0 Å². The molecule has 5 nitrogen and oxygen atoms in total. The van der Waals surface area contributed by atoms with Crippen LogP contribution in [0.5, 0.6) is 0 Å². The molecular weight excluding hydrogens is 192 g/mol. The molecule has 0 aliphatic carbocycles. The Kier molecular flexibility index (Phi) is 5.14. The van der Waals surface area contributed by atoms with Crippen molar-refractivity contribution in [1.82, 2.24) is 14.7 Å². The lowest BCUT2D eigenvalue weighted by Gasteiger charge is -2.15. The Morgan fingerprint density at radius 2 is 2.33 bits per heavy atom. The van der Waals surface area contributed by atoms with Gasteiger partial charge in [-0.25, -0.2) is 0 Å². The third-order valence-electron chi connectivity index (χ3n) is 2.25. The highest BCUT2D eigenvalue weighted by molar-refractivity contribution is 5.30. The van der Waals surface area contributed by atoms with E-state index in [4.69, 9.17) is 10.5 Å². The van der Waals surface area contributed by atoms with E-state index < -0.39 is 0 Å². The summed E-state index contributed by atoms with van der Waals surface area (Å²) < 4.78 is 6.86. The molecule has 0 radical (unpaired) electrons. The summed E-state index contributed by atoms with van der Waals surface area (Å²) in [4.78, 5) is 2.26. The van der Waals surface area contributed by atoms with Gasteiger partial charge >= 0.3 is 0 Å². The highest BCUT2D eigenvalue weighted by atomic mass is 16.5. The predicted octanol–water partition coefficient (Wildman–Crippen LogP) is 0.434. The highest BCUT2D eigenvalue weighted by Crippen LogP contribution is 1.98. The number of nitrogens with zero attached hydrogens (tertiary/aromatic N) is 3. The van der Waals surface area contributed by atoms with Crippen LogP contribution < -0.4 is 5.73 Å². The number of hydrogen-bond acceptors (Lipinski definition) is 4. The topological polar surface area (TPSA) is 56.3 Å². The monoisotopic (exact) mass is 212 g/mol. The van der Waals surface area contributed by atoms with E-state index in [0.717, 1.165) is 38.3 Å². The van der Waals surface area contributed by atoms with Gasteiger partial charge in [0.1, 0.15) is 0 Å². The maximum absolute atomic E-state index is 5.57. The number of rotatable bonds is 7. The minimum atomic E-state index is 0.719. The normalized spacial score (nSPS) is 11.1. The van der Waals surface area contributed by atoms with Crippen molar-refractivity contribution in [2.75, 3.05) is 39.6 Å². The molecule has 1 aromatic rings. The Morgan fingerprint density at radius 3 is 2.93 bits per heavy atom. The van der Waals surface area contributed by atoms with Crippen LogP contribution in [-0.4, -0.2) is 48.5 Å². The lowest BCUT2D eigenvalue weighted by molar-refractivity contribution is 0.178. The summed E-state index contributed by atoms with van der Waals surface area (Å²) >= 11 is 0. The Hall–Kier alpha value is -1.07. The molecular formula is C10H20N4O. The third kappa shape index (κ3) is 4.80. The van der Waals surface area contributed by atoms with Crippen molar-refractivity contribution >= 4 is 5.69 Å². The fourth-order valence-corrected chi connectivity index (χ4v) is 1.37. The van der Waals surface area contributed by atoms with Gasteiger partial charge in [-0.15, -0.1) is 0 Å². The summed E-state index contributed by atoms with van der Waals surface area (Å²) in [6, 6.07) is 0. The van der Waals surface area contributed by atoms with E-state index in [-0.39, 0.29) is 0 Å². The number of nitrogen functional groups attached to an aromatic ring is 1. The summed E-state index contributed by atoms with van der Waals surface area (Å²) in [5, 5.41) is 4.12. The van der Waals surface area contributed by atoms with Gasteiger partial charge in [0.25, 0.3) is 0 Å². The minimum Gasteiger partial charge on any atom is -0.396 e. The van der Waals surface area contributed by atoms with Crippen LogP contribution in [0.15, 0.2) is 12.4 Å². The van der Waals surface area contributed by atoms with Crippen molar-refractivity contribution < 1.29 is 4.74 Å². The van der Waals surface area contributed by atoms with E-state index in [9.17, 15) is 0 Å². The number of hydrogen-bond donors (Lipinski definition) is 1. The summed E-state index contributed by atoms with van der Waals surface area (Å²) in [5.41, 5.74) is 6.29. The van der Waals surface area contributed by atoms with Crippen molar-refractivity contribution in [3.05, 3.63) is 12.4 Å². The van der Waals surface area contributed by atoms with Crippen molar-refractivity contribution in [2.45, 2.75) is 13.0 Å². The van der Waals surface area contributed by atoms with Crippen molar-refractivity contribution in [2.24, 2.45) is 0 Å². The zero-order valence-electron chi connectivity index (χ0n) is 9.52. The second kappa shape index (κ2) is 6.42. The number of aromatic nitrogens is 2. The van der Waals surface area contributed by atoms with Gasteiger partial charge in [0.15, 0.2) is 0 Å². The zero-order valence-corrected chi connectivity index (χ0v) is 9.52. The maximum atomic E-state index is 5.57. The first kappa shape index (κ1) is 12.0. The first-order chi connectivity index (χ1) is 7.22. The van der Waals surface area contributed by atoms with Crippen LogP contribution in [0.4, 0.5) is 5.69 Å². The summed E-state index contributed by atoms with van der Waals surface area (Å²) in [7, 11) is 3.83. The fraction of sp³-hybridized carbons (Fsp3) is 0.700. The van der Waals surface area contributed by atoms with Gasteiger partial charge in [0.05, 0.1) is 18.4 Å². The minimum absolute atomic E-state index is 0.719. The molecule has 2 N–H and O–H groups in total. The van der Waals surface area contributed by atoms with E-state index in [0.29, 0.717) is 0 Å². The Bertz CT molecular complexity index is 274. The van der Waals surface area contributed by atoms with E-state index in [1.807, 2.05) is 10.9 Å². The van der Waals surface area contributed by atoms with Crippen molar-refractivity contribution in [1.29, 1.82) is 0 Å². The SMILES string of the molecule is COCCCN(C)CCn1cc(N)cn1. The van der Waals surface area contributed by atoms with Gasteiger partial charge in [-0.1, -0.05) is 0 Å². The molecule has 0 aliphatic rings. The molecule has 1 heterocycles. The second-order valence-electron chi connectivity index (χ2n) is 3.69. The van der Waals surface area contributed by atoms with Gasteiger partial charge in [-0.05, 0) is 13.5 Å². The first-order valence-electron chi connectivity index (χ1n) is 5.18. The van der Waals surface area contributed by atoms with Crippen LogP contribution in [-0.2, 0) is 11.3 Å². The Labute approximate surface area is 90.8 Å². The molecule has 0 unspecified atom stereocenters. The number of likely N-dealkylation sites (N-methyl/N-ethyl adjacent to an activating group) is 1. The van der Waals surface area contributed by atoms with E-state index in [1.165, 1.54) is 0 Å². The summed E-state index contributed by atoms with van der Waals surface area (Å²) in [5.74, 6) is 0. The van der Waals surface area contributed by atoms with Gasteiger partial charge in [-0.3, -0.25) is 4.68 Å². The summed E-state index contributed by atoms with van der Waals surface area (Å²) in [6.45, 7) is 3.72. The number of methoxy groups -OCH3 is 1. The first-order valence-corrected chi connectivity index (χ1v) is 5.18. The molecule has 0 atom stereocenters. The van der Waals surface area contributed by atoms with E-state index in [2.05, 4.69) is 17.0 Å². The van der Waals surface area contributed by atoms with Gasteiger partial charge < -0.3 is 15.4 Å². The highest BCUT2D eigenvalue weighted by Gasteiger charge is 1.99. The molecule has 0 saturated heterocycles. The second-order valence-corrected chi connectivity index (χ2v) is 3.69. The molecule has 1 rings (SSSR count). The average Bonchev–Trinajstić information content (AvgIpc) is 2.62. The molecule has 0 bridgehead atoms. The Balaban J connectivity index is 2.13. The van der Waals surface area contributed by atoms with Crippen LogP contribution in [0, 0.1) is 0 Å². The average molecular weight is 212 g/mol. The zero-order chi connectivity index (χ0) is 11.1. The largest absolute Gasteiger partial charge is 0.396 e. The lowest BCUT2D eigenvalue weighted by atomic mass is 10.4. The molecule has 86 valence electrons. The standard InChI is InChI=1S/C10H20N4O/c1-13(4-3-7-15-2)5-6-14-9-10(11)8-12-14/h8-9H,3-7,11H2,1-2H3. The van der Waals surface area contributed by atoms with Gasteiger partial charge in [-0.2, -0.15) is 5.10 Å². The molecule has 0 aliphatic heterocycles. The molecule has 1 aromatic heterocycles. The van der Waals surface area contributed by atoms with Crippen LogP contribution in [0.25, 0.3) is 0 Å². The molecule has 15 heavy (non-hydrogen) atoms.